The number of aryl methyl sites for hydroxylation is 1. The molecule has 0 fully saturated rings. The highest BCUT2D eigenvalue weighted by molar-refractivity contribution is 6.33. The fraction of sp³-hybridized carbons (Fsp3) is 0.0952. The van der Waals surface area contributed by atoms with E-state index in [1.165, 1.54) is 4.57 Å². The Balaban J connectivity index is 2.50. The van der Waals surface area contributed by atoms with Crippen LogP contribution >= 0.6 is 11.6 Å². The van der Waals surface area contributed by atoms with Crippen LogP contribution in [0.1, 0.15) is 23.6 Å². The summed E-state index contributed by atoms with van der Waals surface area (Å²) in [5.41, 5.74) is 7.57. The zero-order valence-corrected chi connectivity index (χ0v) is 15.3. The van der Waals surface area contributed by atoms with Crippen LogP contribution in [0, 0.1) is 22.7 Å². The standard InChI is InChI=1S/C21H15ClN4O/c1-2-13-7-3-6-10-18(13)26-20(25)15(11-23)19(16(12-24)21(26)27)14-8-4-5-9-17(14)22/h3-10H,2,25H2,1H3. The Morgan fingerprint density at radius 3 is 2.30 bits per heavy atom. The molecule has 0 spiro atoms. The van der Waals surface area contributed by atoms with Gasteiger partial charge in [0.15, 0.2) is 0 Å². The van der Waals surface area contributed by atoms with Crippen molar-refractivity contribution in [2.24, 2.45) is 0 Å². The third-order valence-electron chi connectivity index (χ3n) is 4.39. The molecule has 2 N–H and O–H groups in total. The Kier molecular flexibility index (Phi) is 4.98. The van der Waals surface area contributed by atoms with E-state index in [1.807, 2.05) is 31.2 Å². The number of para-hydroxylation sites is 1. The molecule has 0 unspecified atom stereocenters. The average molecular weight is 375 g/mol. The molecule has 3 aromatic rings. The summed E-state index contributed by atoms with van der Waals surface area (Å²) >= 11 is 6.26. The molecule has 27 heavy (non-hydrogen) atoms. The lowest BCUT2D eigenvalue weighted by Gasteiger charge is -2.18. The maximum atomic E-state index is 13.2. The largest absolute Gasteiger partial charge is 0.384 e. The van der Waals surface area contributed by atoms with E-state index in [0.29, 0.717) is 22.7 Å². The molecule has 0 aliphatic heterocycles. The van der Waals surface area contributed by atoms with E-state index in [-0.39, 0.29) is 22.5 Å². The van der Waals surface area contributed by atoms with Gasteiger partial charge in [-0.15, -0.1) is 0 Å². The summed E-state index contributed by atoms with van der Waals surface area (Å²) < 4.78 is 1.23. The predicted octanol–water partition coefficient (Wildman–Crippen LogP) is 4.05. The number of nitriles is 2. The van der Waals surface area contributed by atoms with Gasteiger partial charge in [-0.1, -0.05) is 54.9 Å². The number of hydrogen-bond donors (Lipinski definition) is 1. The van der Waals surface area contributed by atoms with Crippen molar-refractivity contribution in [3.63, 3.8) is 0 Å². The van der Waals surface area contributed by atoms with Crippen LogP contribution in [0.3, 0.4) is 0 Å². The van der Waals surface area contributed by atoms with E-state index in [0.717, 1.165) is 5.56 Å². The fourth-order valence-corrected chi connectivity index (χ4v) is 3.34. The Labute approximate surface area is 161 Å². The van der Waals surface area contributed by atoms with E-state index >= 15 is 0 Å². The van der Waals surface area contributed by atoms with E-state index < -0.39 is 5.56 Å². The first-order chi connectivity index (χ1) is 13.0. The van der Waals surface area contributed by atoms with E-state index in [2.05, 4.69) is 0 Å². The zero-order chi connectivity index (χ0) is 19.6. The first-order valence-corrected chi connectivity index (χ1v) is 8.64. The summed E-state index contributed by atoms with van der Waals surface area (Å²) in [6, 6.07) is 18.0. The van der Waals surface area contributed by atoms with Crippen LogP contribution in [0.25, 0.3) is 16.8 Å². The van der Waals surface area contributed by atoms with Gasteiger partial charge < -0.3 is 5.73 Å². The summed E-state index contributed by atoms with van der Waals surface area (Å²) in [6.07, 6.45) is 0.665. The second-order valence-corrected chi connectivity index (χ2v) is 6.24. The molecule has 0 saturated heterocycles. The molecule has 2 aromatic carbocycles. The van der Waals surface area contributed by atoms with Gasteiger partial charge in [0.05, 0.1) is 5.69 Å². The van der Waals surface area contributed by atoms with Gasteiger partial charge in [0.25, 0.3) is 5.56 Å². The molecule has 0 radical (unpaired) electrons. The number of rotatable bonds is 3. The Morgan fingerprint density at radius 1 is 1.04 bits per heavy atom. The molecule has 0 aliphatic rings. The lowest BCUT2D eigenvalue weighted by Crippen LogP contribution is -2.27. The average Bonchev–Trinajstić information content (AvgIpc) is 2.68. The first kappa shape index (κ1) is 18.3. The molecule has 5 nitrogen and oxygen atoms in total. The number of nitrogens with two attached hydrogens (primary N) is 1. The molecular formula is C21H15ClN4O. The van der Waals surface area contributed by atoms with Crippen molar-refractivity contribution in [3.8, 4) is 29.0 Å². The number of benzene rings is 2. The van der Waals surface area contributed by atoms with Crippen molar-refractivity contribution in [1.29, 1.82) is 10.5 Å². The third-order valence-corrected chi connectivity index (χ3v) is 4.72. The maximum absolute atomic E-state index is 13.2. The van der Waals surface area contributed by atoms with Crippen molar-refractivity contribution >= 4 is 17.4 Å². The smallest absolute Gasteiger partial charge is 0.275 e. The Hall–Kier alpha value is -3.54. The van der Waals surface area contributed by atoms with Gasteiger partial charge in [0.2, 0.25) is 0 Å². The minimum atomic E-state index is -0.579. The molecule has 3 rings (SSSR count). The zero-order valence-electron chi connectivity index (χ0n) is 14.5. The highest BCUT2D eigenvalue weighted by atomic mass is 35.5. The van der Waals surface area contributed by atoms with E-state index in [1.54, 1.807) is 36.4 Å². The molecule has 6 heteroatoms. The van der Waals surface area contributed by atoms with Gasteiger partial charge in [-0.2, -0.15) is 10.5 Å². The topological polar surface area (TPSA) is 95.6 Å². The van der Waals surface area contributed by atoms with Crippen LogP contribution in [0.15, 0.2) is 53.3 Å². The maximum Gasteiger partial charge on any atom is 0.275 e. The quantitative estimate of drug-likeness (QED) is 0.748. The minimum Gasteiger partial charge on any atom is -0.384 e. The van der Waals surface area contributed by atoms with Crippen LogP contribution in [-0.2, 0) is 6.42 Å². The van der Waals surface area contributed by atoms with Crippen LogP contribution in [0.4, 0.5) is 5.82 Å². The van der Waals surface area contributed by atoms with Crippen molar-refractivity contribution in [3.05, 3.63) is 80.6 Å². The van der Waals surface area contributed by atoms with Crippen LogP contribution in [-0.4, -0.2) is 4.57 Å². The van der Waals surface area contributed by atoms with E-state index in [4.69, 9.17) is 17.3 Å². The number of pyridine rings is 1. The summed E-state index contributed by atoms with van der Waals surface area (Å²) in [5, 5.41) is 19.8. The summed E-state index contributed by atoms with van der Waals surface area (Å²) in [4.78, 5) is 13.2. The number of hydrogen-bond acceptors (Lipinski definition) is 4. The van der Waals surface area contributed by atoms with Gasteiger partial charge in [-0.3, -0.25) is 9.36 Å². The molecule has 132 valence electrons. The summed E-state index contributed by atoms with van der Waals surface area (Å²) in [5.74, 6) is -0.0164. The van der Waals surface area contributed by atoms with Crippen molar-refractivity contribution in [1.82, 2.24) is 4.57 Å². The van der Waals surface area contributed by atoms with Gasteiger partial charge in [-0.25, -0.2) is 0 Å². The SMILES string of the molecule is CCc1ccccc1-n1c(N)c(C#N)c(-c2ccccc2Cl)c(C#N)c1=O. The predicted molar refractivity (Wildman–Crippen MR) is 106 cm³/mol. The fourth-order valence-electron chi connectivity index (χ4n) is 3.11. The minimum absolute atomic E-state index is 0.0164. The normalized spacial score (nSPS) is 10.2. The number of nitrogen functional groups attached to an aromatic ring is 1. The van der Waals surface area contributed by atoms with Gasteiger partial charge >= 0.3 is 0 Å². The first-order valence-electron chi connectivity index (χ1n) is 8.27. The van der Waals surface area contributed by atoms with Gasteiger partial charge in [-0.05, 0) is 24.1 Å². The van der Waals surface area contributed by atoms with Gasteiger partial charge in [0, 0.05) is 16.1 Å². The molecule has 0 aliphatic carbocycles. The lowest BCUT2D eigenvalue weighted by molar-refractivity contribution is 0.959. The second-order valence-electron chi connectivity index (χ2n) is 5.84. The monoisotopic (exact) mass is 374 g/mol. The molecule has 0 amide bonds. The highest BCUT2D eigenvalue weighted by Gasteiger charge is 2.24. The number of aromatic nitrogens is 1. The van der Waals surface area contributed by atoms with Crippen LogP contribution in [0.5, 0.6) is 0 Å². The molecule has 0 bridgehead atoms. The van der Waals surface area contributed by atoms with E-state index in [9.17, 15) is 15.3 Å². The second kappa shape index (κ2) is 7.37. The van der Waals surface area contributed by atoms with Crippen LogP contribution in [0.2, 0.25) is 5.02 Å². The lowest BCUT2D eigenvalue weighted by atomic mass is 9.96. The number of halogens is 1. The van der Waals surface area contributed by atoms with Crippen molar-refractivity contribution < 1.29 is 0 Å². The number of anilines is 1. The molecule has 1 aromatic heterocycles. The molecule has 0 atom stereocenters. The Bertz CT molecular complexity index is 1180. The molecule has 1 heterocycles. The molecular weight excluding hydrogens is 360 g/mol. The van der Waals surface area contributed by atoms with Gasteiger partial charge in [0.1, 0.15) is 29.1 Å². The molecule has 0 saturated carbocycles. The third kappa shape index (κ3) is 2.95. The highest BCUT2D eigenvalue weighted by Crippen LogP contribution is 2.35. The summed E-state index contributed by atoms with van der Waals surface area (Å²) in [6.45, 7) is 1.95. The van der Waals surface area contributed by atoms with Crippen molar-refractivity contribution in [2.75, 3.05) is 5.73 Å². The summed E-state index contributed by atoms with van der Waals surface area (Å²) in [7, 11) is 0. The Morgan fingerprint density at radius 2 is 1.67 bits per heavy atom. The van der Waals surface area contributed by atoms with Crippen molar-refractivity contribution in [2.45, 2.75) is 13.3 Å². The number of nitrogens with zero attached hydrogens (tertiary/aromatic N) is 3. The van der Waals surface area contributed by atoms with Crippen LogP contribution < -0.4 is 11.3 Å².